The number of non-ortho nitro benzene ring substituents is 1. The van der Waals surface area contributed by atoms with E-state index in [2.05, 4.69) is 0 Å². The molecule has 7 nitrogen and oxygen atoms in total. The fraction of sp³-hybridized carbons (Fsp3) is 0.500. The van der Waals surface area contributed by atoms with Crippen LogP contribution in [0.5, 0.6) is 0 Å². The molecule has 1 aromatic carbocycles. The van der Waals surface area contributed by atoms with Crippen molar-refractivity contribution in [2.24, 2.45) is 0 Å². The monoisotopic (exact) mass is 300 g/mol. The van der Waals surface area contributed by atoms with Gasteiger partial charge in [0.2, 0.25) is 10.0 Å². The van der Waals surface area contributed by atoms with E-state index in [0.717, 1.165) is 0 Å². The summed E-state index contributed by atoms with van der Waals surface area (Å²) < 4.78 is 31.2. The first kappa shape index (κ1) is 14.9. The molecule has 0 unspecified atom stereocenters. The third-order valence-corrected chi connectivity index (χ3v) is 4.91. The molecule has 1 aliphatic heterocycles. The summed E-state index contributed by atoms with van der Waals surface area (Å²) >= 11 is 0. The van der Waals surface area contributed by atoms with Crippen molar-refractivity contribution in [1.82, 2.24) is 4.31 Å². The van der Waals surface area contributed by atoms with E-state index in [4.69, 9.17) is 4.74 Å². The molecule has 0 aliphatic carbocycles. The number of nitrogens with zero attached hydrogens (tertiary/aromatic N) is 2. The Morgan fingerprint density at radius 2 is 2.05 bits per heavy atom. The molecule has 0 N–H and O–H groups in total. The average Bonchev–Trinajstić information content (AvgIpc) is 2.39. The Balaban J connectivity index is 2.09. The van der Waals surface area contributed by atoms with Crippen LogP contribution in [0.15, 0.2) is 24.3 Å². The molecule has 0 radical (unpaired) electrons. The molecule has 1 saturated heterocycles. The lowest BCUT2D eigenvalue weighted by molar-refractivity contribution is -0.384. The standard InChI is InChI=1S/C12H16N2O5S/c1-10-8-13(6-7-19-10)20(17,18)9-11-2-4-12(5-3-11)14(15)16/h2-5,10H,6-9H2,1H3/t10-/m0/s1. The van der Waals surface area contributed by atoms with Crippen molar-refractivity contribution >= 4 is 15.7 Å². The lowest BCUT2D eigenvalue weighted by Gasteiger charge is -2.30. The number of nitro groups is 1. The minimum atomic E-state index is -3.42. The maximum Gasteiger partial charge on any atom is 0.269 e. The molecule has 0 aromatic heterocycles. The van der Waals surface area contributed by atoms with Crippen LogP contribution in [0.2, 0.25) is 0 Å². The summed E-state index contributed by atoms with van der Waals surface area (Å²) in [4.78, 5) is 10.0. The molecule has 20 heavy (non-hydrogen) atoms. The van der Waals surface area contributed by atoms with Gasteiger partial charge in [-0.1, -0.05) is 12.1 Å². The Morgan fingerprint density at radius 3 is 2.60 bits per heavy atom. The smallest absolute Gasteiger partial charge is 0.269 e. The Hall–Kier alpha value is -1.51. The van der Waals surface area contributed by atoms with Gasteiger partial charge in [0, 0.05) is 25.2 Å². The maximum atomic E-state index is 12.3. The zero-order valence-electron chi connectivity index (χ0n) is 11.1. The molecule has 0 amide bonds. The van der Waals surface area contributed by atoms with Crippen molar-refractivity contribution in [2.75, 3.05) is 19.7 Å². The summed E-state index contributed by atoms with van der Waals surface area (Å²) in [6.07, 6.45) is -0.115. The molecule has 8 heteroatoms. The van der Waals surface area contributed by atoms with Crippen molar-refractivity contribution in [2.45, 2.75) is 18.8 Å². The molecule has 110 valence electrons. The number of nitro benzene ring substituents is 1. The summed E-state index contributed by atoms with van der Waals surface area (Å²) in [6.45, 7) is 2.91. The van der Waals surface area contributed by atoms with Gasteiger partial charge in [0.05, 0.1) is 23.4 Å². The Bertz CT molecular complexity index is 584. The molecule has 1 aromatic rings. The quantitative estimate of drug-likeness (QED) is 0.614. The van der Waals surface area contributed by atoms with Crippen LogP contribution in [0.3, 0.4) is 0 Å². The minimum absolute atomic E-state index is 0.0499. The highest BCUT2D eigenvalue weighted by Gasteiger charge is 2.27. The first-order valence-corrected chi connectivity index (χ1v) is 7.82. The van der Waals surface area contributed by atoms with Crippen molar-refractivity contribution < 1.29 is 18.1 Å². The van der Waals surface area contributed by atoms with E-state index in [-0.39, 0.29) is 17.5 Å². The fourth-order valence-electron chi connectivity index (χ4n) is 2.05. The summed E-state index contributed by atoms with van der Waals surface area (Å²) in [7, 11) is -3.42. The van der Waals surface area contributed by atoms with Crippen LogP contribution in [0.4, 0.5) is 5.69 Å². The van der Waals surface area contributed by atoms with E-state index in [1.54, 1.807) is 0 Å². The van der Waals surface area contributed by atoms with Crippen LogP contribution in [0.1, 0.15) is 12.5 Å². The number of benzene rings is 1. The van der Waals surface area contributed by atoms with Gasteiger partial charge in [0.1, 0.15) is 0 Å². The van der Waals surface area contributed by atoms with E-state index in [1.807, 2.05) is 6.92 Å². The van der Waals surface area contributed by atoms with E-state index in [0.29, 0.717) is 25.3 Å². The van der Waals surface area contributed by atoms with Gasteiger partial charge in [0.25, 0.3) is 5.69 Å². The largest absolute Gasteiger partial charge is 0.376 e. The van der Waals surface area contributed by atoms with Gasteiger partial charge in [-0.05, 0) is 12.5 Å². The summed E-state index contributed by atoms with van der Waals surface area (Å²) in [5.41, 5.74) is 0.487. The van der Waals surface area contributed by atoms with Crippen molar-refractivity contribution in [3.63, 3.8) is 0 Å². The Labute approximate surface area is 117 Å². The molecular formula is C12H16N2O5S. The summed E-state index contributed by atoms with van der Waals surface area (Å²) in [5, 5.41) is 10.5. The molecular weight excluding hydrogens is 284 g/mol. The molecule has 0 bridgehead atoms. The van der Waals surface area contributed by atoms with Gasteiger partial charge < -0.3 is 4.74 Å². The zero-order valence-corrected chi connectivity index (χ0v) is 11.9. The lowest BCUT2D eigenvalue weighted by atomic mass is 10.2. The molecule has 0 saturated carbocycles. The highest BCUT2D eigenvalue weighted by Crippen LogP contribution is 2.17. The van der Waals surface area contributed by atoms with Crippen LogP contribution in [-0.4, -0.2) is 43.4 Å². The van der Waals surface area contributed by atoms with Crippen LogP contribution < -0.4 is 0 Å². The molecule has 2 rings (SSSR count). The SMILES string of the molecule is C[C@H]1CN(S(=O)(=O)Cc2ccc([N+](=O)[O-])cc2)CCO1. The van der Waals surface area contributed by atoms with Gasteiger partial charge in [0.15, 0.2) is 0 Å². The van der Waals surface area contributed by atoms with E-state index in [1.165, 1.54) is 28.6 Å². The van der Waals surface area contributed by atoms with Crippen molar-refractivity contribution in [3.05, 3.63) is 39.9 Å². The first-order valence-electron chi connectivity index (χ1n) is 6.21. The topological polar surface area (TPSA) is 89.8 Å². The van der Waals surface area contributed by atoms with Gasteiger partial charge in [-0.15, -0.1) is 0 Å². The van der Waals surface area contributed by atoms with Gasteiger partial charge >= 0.3 is 0 Å². The number of hydrogen-bond donors (Lipinski definition) is 0. The van der Waals surface area contributed by atoms with Crippen LogP contribution >= 0.6 is 0 Å². The number of rotatable bonds is 4. The number of morpholine rings is 1. The molecule has 0 spiro atoms. The fourth-order valence-corrected chi connectivity index (χ4v) is 3.64. The normalized spacial score (nSPS) is 20.8. The summed E-state index contributed by atoms with van der Waals surface area (Å²) in [6, 6.07) is 5.57. The van der Waals surface area contributed by atoms with Crippen LogP contribution in [0.25, 0.3) is 0 Å². The second kappa shape index (κ2) is 5.86. The average molecular weight is 300 g/mol. The molecule has 1 heterocycles. The third kappa shape index (κ3) is 3.53. The molecule has 1 fully saturated rings. The summed E-state index contributed by atoms with van der Waals surface area (Å²) in [5.74, 6) is -0.155. The van der Waals surface area contributed by atoms with Crippen molar-refractivity contribution in [3.8, 4) is 0 Å². The molecule has 1 atom stereocenters. The van der Waals surface area contributed by atoms with Gasteiger partial charge in [-0.3, -0.25) is 10.1 Å². The number of ether oxygens (including phenoxy) is 1. The Morgan fingerprint density at radius 1 is 1.40 bits per heavy atom. The second-order valence-corrected chi connectivity index (χ2v) is 6.69. The number of sulfonamides is 1. The van der Waals surface area contributed by atoms with Gasteiger partial charge in [-0.25, -0.2) is 8.42 Å². The minimum Gasteiger partial charge on any atom is -0.376 e. The van der Waals surface area contributed by atoms with Crippen LogP contribution in [-0.2, 0) is 20.5 Å². The van der Waals surface area contributed by atoms with E-state index >= 15 is 0 Å². The molecule has 1 aliphatic rings. The van der Waals surface area contributed by atoms with E-state index in [9.17, 15) is 18.5 Å². The maximum absolute atomic E-state index is 12.3. The third-order valence-electron chi connectivity index (χ3n) is 3.09. The highest BCUT2D eigenvalue weighted by atomic mass is 32.2. The zero-order chi connectivity index (χ0) is 14.8. The lowest BCUT2D eigenvalue weighted by Crippen LogP contribution is -2.44. The van der Waals surface area contributed by atoms with Crippen LogP contribution in [0, 0.1) is 10.1 Å². The van der Waals surface area contributed by atoms with E-state index < -0.39 is 14.9 Å². The predicted molar refractivity (Wildman–Crippen MR) is 72.7 cm³/mol. The highest BCUT2D eigenvalue weighted by molar-refractivity contribution is 7.88. The Kier molecular flexibility index (Phi) is 4.36. The predicted octanol–water partition coefficient (Wildman–Crippen LogP) is 1.15. The van der Waals surface area contributed by atoms with Crippen molar-refractivity contribution in [1.29, 1.82) is 0 Å². The first-order chi connectivity index (χ1) is 9.38. The van der Waals surface area contributed by atoms with Gasteiger partial charge in [-0.2, -0.15) is 4.31 Å². The number of hydrogen-bond acceptors (Lipinski definition) is 5. The second-order valence-electron chi connectivity index (χ2n) is 4.72.